The molecule has 1 aliphatic heterocycles. The molecule has 3 heteroatoms. The lowest BCUT2D eigenvalue weighted by Gasteiger charge is -2.58. The van der Waals surface area contributed by atoms with Crippen molar-refractivity contribution in [1.29, 1.82) is 0 Å². The molecule has 1 spiro atoms. The van der Waals surface area contributed by atoms with Crippen LogP contribution in [0.5, 0.6) is 0 Å². The summed E-state index contributed by atoms with van der Waals surface area (Å²) in [6, 6.07) is 8.90. The summed E-state index contributed by atoms with van der Waals surface area (Å²) in [5.74, 6) is 0. The van der Waals surface area contributed by atoms with Crippen LogP contribution in [0.25, 0.3) is 0 Å². The number of halogens is 1. The second-order valence-corrected chi connectivity index (χ2v) is 7.45. The summed E-state index contributed by atoms with van der Waals surface area (Å²) >= 11 is 3.62. The Kier molecular flexibility index (Phi) is 4.21. The van der Waals surface area contributed by atoms with Crippen LogP contribution in [0.3, 0.4) is 0 Å². The average molecular weight is 338 g/mol. The SMILES string of the molecule is CCNCC1(c2cccc(Br)c2)CC2(CCOCC2)C1. The highest BCUT2D eigenvalue weighted by atomic mass is 79.9. The number of hydrogen-bond acceptors (Lipinski definition) is 2. The number of hydrogen-bond donors (Lipinski definition) is 1. The predicted octanol–water partition coefficient (Wildman–Crippen LogP) is 3.89. The smallest absolute Gasteiger partial charge is 0.0471 e. The molecule has 0 aromatic heterocycles. The molecule has 2 nitrogen and oxygen atoms in total. The van der Waals surface area contributed by atoms with E-state index in [1.165, 1.54) is 35.7 Å². The molecule has 3 rings (SSSR count). The van der Waals surface area contributed by atoms with Gasteiger partial charge in [-0.3, -0.25) is 0 Å². The van der Waals surface area contributed by atoms with E-state index in [1.54, 1.807) is 0 Å². The molecule has 1 N–H and O–H groups in total. The van der Waals surface area contributed by atoms with Crippen LogP contribution >= 0.6 is 15.9 Å². The highest BCUT2D eigenvalue weighted by Gasteiger charge is 2.54. The molecule has 1 saturated heterocycles. The molecule has 0 unspecified atom stereocenters. The van der Waals surface area contributed by atoms with E-state index >= 15 is 0 Å². The second-order valence-electron chi connectivity index (χ2n) is 6.54. The highest BCUT2D eigenvalue weighted by molar-refractivity contribution is 9.10. The lowest BCUT2D eigenvalue weighted by atomic mass is 9.48. The van der Waals surface area contributed by atoms with Crippen LogP contribution < -0.4 is 5.32 Å². The molecule has 2 fully saturated rings. The Balaban J connectivity index is 1.81. The molecule has 2 aliphatic rings. The van der Waals surface area contributed by atoms with Crippen LogP contribution in [-0.4, -0.2) is 26.3 Å². The fourth-order valence-corrected chi connectivity index (χ4v) is 4.55. The number of nitrogens with one attached hydrogen (secondary N) is 1. The first-order chi connectivity index (χ1) is 9.68. The van der Waals surface area contributed by atoms with Gasteiger partial charge in [0.25, 0.3) is 0 Å². The van der Waals surface area contributed by atoms with Crippen molar-refractivity contribution in [2.24, 2.45) is 5.41 Å². The van der Waals surface area contributed by atoms with Crippen LogP contribution in [-0.2, 0) is 10.2 Å². The van der Waals surface area contributed by atoms with Crippen molar-refractivity contribution in [2.45, 2.75) is 38.0 Å². The van der Waals surface area contributed by atoms with Gasteiger partial charge in [-0.2, -0.15) is 0 Å². The molecule has 1 aromatic rings. The Morgan fingerprint density at radius 2 is 2.00 bits per heavy atom. The third-order valence-electron chi connectivity index (χ3n) is 5.13. The fraction of sp³-hybridized carbons (Fsp3) is 0.647. The van der Waals surface area contributed by atoms with Gasteiger partial charge in [0.2, 0.25) is 0 Å². The number of rotatable bonds is 4. The summed E-state index contributed by atoms with van der Waals surface area (Å²) < 4.78 is 6.74. The maximum atomic E-state index is 5.55. The summed E-state index contributed by atoms with van der Waals surface area (Å²) in [4.78, 5) is 0. The summed E-state index contributed by atoms with van der Waals surface area (Å²) in [6.45, 7) is 6.25. The van der Waals surface area contributed by atoms with Crippen molar-refractivity contribution < 1.29 is 4.74 Å². The molecule has 1 aliphatic carbocycles. The normalized spacial score (nSPS) is 23.5. The van der Waals surface area contributed by atoms with Gasteiger partial charge in [0.1, 0.15) is 0 Å². The standard InChI is InChI=1S/C17H24BrNO/c1-2-19-13-17(14-4-3-5-15(18)10-14)11-16(12-17)6-8-20-9-7-16/h3-5,10,19H,2,6-9,11-13H2,1H3. The largest absolute Gasteiger partial charge is 0.381 e. The second kappa shape index (κ2) is 5.78. The predicted molar refractivity (Wildman–Crippen MR) is 86.1 cm³/mol. The lowest BCUT2D eigenvalue weighted by molar-refractivity contribution is -0.0736. The van der Waals surface area contributed by atoms with Crippen LogP contribution in [0.1, 0.15) is 38.2 Å². The van der Waals surface area contributed by atoms with Gasteiger partial charge in [-0.25, -0.2) is 0 Å². The van der Waals surface area contributed by atoms with E-state index in [-0.39, 0.29) is 0 Å². The van der Waals surface area contributed by atoms with Crippen LogP contribution in [0.4, 0.5) is 0 Å². The van der Waals surface area contributed by atoms with Gasteiger partial charge in [-0.15, -0.1) is 0 Å². The molecule has 1 aromatic carbocycles. The third kappa shape index (κ3) is 2.68. The molecule has 20 heavy (non-hydrogen) atoms. The maximum Gasteiger partial charge on any atom is 0.0471 e. The quantitative estimate of drug-likeness (QED) is 0.899. The van der Waals surface area contributed by atoms with Crippen molar-refractivity contribution in [3.8, 4) is 0 Å². The Bertz CT molecular complexity index is 460. The van der Waals surface area contributed by atoms with Crippen molar-refractivity contribution in [3.05, 3.63) is 34.3 Å². The maximum absolute atomic E-state index is 5.55. The number of benzene rings is 1. The van der Waals surface area contributed by atoms with Crippen molar-refractivity contribution in [2.75, 3.05) is 26.3 Å². The van der Waals surface area contributed by atoms with E-state index in [9.17, 15) is 0 Å². The summed E-state index contributed by atoms with van der Waals surface area (Å²) in [7, 11) is 0. The monoisotopic (exact) mass is 337 g/mol. The summed E-state index contributed by atoms with van der Waals surface area (Å²) in [5.41, 5.74) is 2.37. The van der Waals surface area contributed by atoms with Crippen LogP contribution in [0.15, 0.2) is 28.7 Å². The molecule has 1 heterocycles. The molecule has 0 bridgehead atoms. The third-order valence-corrected chi connectivity index (χ3v) is 5.62. The zero-order valence-electron chi connectivity index (χ0n) is 12.3. The Labute approximate surface area is 130 Å². The van der Waals surface area contributed by atoms with Gasteiger partial charge < -0.3 is 10.1 Å². The van der Waals surface area contributed by atoms with Gasteiger partial charge in [0.05, 0.1) is 0 Å². The number of ether oxygens (including phenoxy) is 1. The van der Waals surface area contributed by atoms with Gasteiger partial charge in [0, 0.05) is 29.6 Å². The van der Waals surface area contributed by atoms with Crippen LogP contribution in [0.2, 0.25) is 0 Å². The Morgan fingerprint density at radius 3 is 2.65 bits per heavy atom. The van der Waals surface area contributed by atoms with Crippen molar-refractivity contribution >= 4 is 15.9 Å². The summed E-state index contributed by atoms with van der Waals surface area (Å²) in [6.07, 6.45) is 5.11. The molecule has 0 atom stereocenters. The summed E-state index contributed by atoms with van der Waals surface area (Å²) in [5, 5.41) is 3.58. The first-order valence-corrected chi connectivity index (χ1v) is 8.52. The van der Waals surface area contributed by atoms with E-state index in [4.69, 9.17) is 4.74 Å². The average Bonchev–Trinajstić information content (AvgIpc) is 2.43. The van der Waals surface area contributed by atoms with Crippen LogP contribution in [0, 0.1) is 5.41 Å². The Morgan fingerprint density at radius 1 is 1.25 bits per heavy atom. The van der Waals surface area contributed by atoms with Crippen molar-refractivity contribution in [1.82, 2.24) is 5.32 Å². The molecule has 110 valence electrons. The molecular weight excluding hydrogens is 314 g/mol. The van der Waals surface area contributed by atoms with Gasteiger partial charge in [0.15, 0.2) is 0 Å². The molecule has 1 saturated carbocycles. The first-order valence-electron chi connectivity index (χ1n) is 7.73. The van der Waals surface area contributed by atoms with E-state index in [1.807, 2.05) is 0 Å². The molecular formula is C17H24BrNO. The fourth-order valence-electron chi connectivity index (χ4n) is 4.16. The minimum atomic E-state index is 0.330. The molecule has 0 radical (unpaired) electrons. The Hall–Kier alpha value is -0.380. The highest BCUT2D eigenvalue weighted by Crippen LogP contribution is 2.60. The van der Waals surface area contributed by atoms with Gasteiger partial charge in [-0.1, -0.05) is 35.0 Å². The number of likely N-dealkylation sites (N-methyl/N-ethyl adjacent to an activating group) is 1. The molecule has 0 amide bonds. The van der Waals surface area contributed by atoms with E-state index in [0.29, 0.717) is 10.8 Å². The zero-order chi connectivity index (χ0) is 14.1. The van der Waals surface area contributed by atoms with E-state index in [2.05, 4.69) is 52.4 Å². The van der Waals surface area contributed by atoms with Gasteiger partial charge >= 0.3 is 0 Å². The zero-order valence-corrected chi connectivity index (χ0v) is 13.8. The van der Waals surface area contributed by atoms with Gasteiger partial charge in [-0.05, 0) is 55.3 Å². The van der Waals surface area contributed by atoms with E-state index in [0.717, 1.165) is 26.3 Å². The first kappa shape index (κ1) is 14.6. The minimum absolute atomic E-state index is 0.330. The van der Waals surface area contributed by atoms with Crippen molar-refractivity contribution in [3.63, 3.8) is 0 Å². The minimum Gasteiger partial charge on any atom is -0.381 e. The lowest BCUT2D eigenvalue weighted by Crippen LogP contribution is -2.56. The topological polar surface area (TPSA) is 21.3 Å². The van der Waals surface area contributed by atoms with E-state index < -0.39 is 0 Å².